The van der Waals surface area contributed by atoms with E-state index in [4.69, 9.17) is 17.3 Å². The Labute approximate surface area is 129 Å². The van der Waals surface area contributed by atoms with Crippen molar-refractivity contribution in [2.45, 2.75) is 43.0 Å². The molecule has 3 N–H and O–H groups in total. The van der Waals surface area contributed by atoms with Crippen LogP contribution >= 0.6 is 11.6 Å². The first-order valence-electron chi connectivity index (χ1n) is 6.95. The lowest BCUT2D eigenvalue weighted by molar-refractivity contribution is -0.119. The predicted molar refractivity (Wildman–Crippen MR) is 82.9 cm³/mol. The van der Waals surface area contributed by atoms with E-state index in [1.54, 1.807) is 0 Å². The van der Waals surface area contributed by atoms with Crippen LogP contribution in [-0.4, -0.2) is 26.1 Å². The third kappa shape index (κ3) is 4.35. The molecule has 116 valence electrons. The second kappa shape index (κ2) is 6.66. The number of rotatable bonds is 4. The molecule has 7 heteroatoms. The highest BCUT2D eigenvalue weighted by molar-refractivity contribution is 7.92. The number of carbonyl (C=O) groups is 1. The van der Waals surface area contributed by atoms with Crippen LogP contribution in [0.15, 0.2) is 23.1 Å². The van der Waals surface area contributed by atoms with Crippen LogP contribution in [0.5, 0.6) is 0 Å². The molecule has 1 fully saturated rings. The zero-order valence-corrected chi connectivity index (χ0v) is 13.2. The molecule has 0 unspecified atom stereocenters. The lowest BCUT2D eigenvalue weighted by Crippen LogP contribution is -2.39. The Bertz CT molecular complexity index is 625. The van der Waals surface area contributed by atoms with Gasteiger partial charge >= 0.3 is 0 Å². The predicted octanol–water partition coefficient (Wildman–Crippen LogP) is 2.14. The van der Waals surface area contributed by atoms with Crippen molar-refractivity contribution < 1.29 is 13.2 Å². The maximum absolute atomic E-state index is 12.2. The number of carbonyl (C=O) groups excluding carboxylic acids is 1. The number of benzene rings is 1. The normalized spacial score (nSPS) is 16.6. The van der Waals surface area contributed by atoms with Crippen LogP contribution < -0.4 is 11.1 Å². The Balaban J connectivity index is 2.04. The lowest BCUT2D eigenvalue weighted by atomic mass is 9.95. The standard InChI is InChI=1S/C14H19ClN2O3S/c15-10-6-7-13(12(16)8-10)21(19,20)9-14(18)17-11-4-2-1-3-5-11/h6-8,11H,1-5,9,16H2,(H,17,18). The van der Waals surface area contributed by atoms with Crippen molar-refractivity contribution in [2.24, 2.45) is 0 Å². The minimum atomic E-state index is -3.75. The number of amides is 1. The van der Waals surface area contributed by atoms with Crippen LogP contribution in [0.2, 0.25) is 5.02 Å². The Morgan fingerprint density at radius 2 is 1.95 bits per heavy atom. The van der Waals surface area contributed by atoms with Crippen molar-refractivity contribution in [3.63, 3.8) is 0 Å². The maximum atomic E-state index is 12.2. The summed E-state index contributed by atoms with van der Waals surface area (Å²) in [6, 6.07) is 4.24. The zero-order chi connectivity index (χ0) is 15.5. The molecule has 1 aromatic carbocycles. The summed E-state index contributed by atoms with van der Waals surface area (Å²) in [5, 5.41) is 3.15. The van der Waals surface area contributed by atoms with Gasteiger partial charge in [0.2, 0.25) is 5.91 Å². The van der Waals surface area contributed by atoms with Crippen molar-refractivity contribution in [1.29, 1.82) is 0 Å². The van der Waals surface area contributed by atoms with Crippen molar-refractivity contribution in [2.75, 3.05) is 11.5 Å². The summed E-state index contributed by atoms with van der Waals surface area (Å²) in [5.41, 5.74) is 5.74. The van der Waals surface area contributed by atoms with Crippen LogP contribution in [0.4, 0.5) is 5.69 Å². The topological polar surface area (TPSA) is 89.3 Å². The van der Waals surface area contributed by atoms with Crippen LogP contribution in [0, 0.1) is 0 Å². The maximum Gasteiger partial charge on any atom is 0.235 e. The smallest absolute Gasteiger partial charge is 0.235 e. The van der Waals surface area contributed by atoms with Crippen molar-refractivity contribution in [3.05, 3.63) is 23.2 Å². The number of nitrogen functional groups attached to an aromatic ring is 1. The minimum Gasteiger partial charge on any atom is -0.398 e. The molecular weight excluding hydrogens is 312 g/mol. The van der Waals surface area contributed by atoms with E-state index in [2.05, 4.69) is 5.32 Å². The summed E-state index contributed by atoms with van der Waals surface area (Å²) in [4.78, 5) is 11.9. The highest BCUT2D eigenvalue weighted by Crippen LogP contribution is 2.23. The number of hydrogen-bond acceptors (Lipinski definition) is 4. The number of anilines is 1. The molecule has 1 aliphatic carbocycles. The largest absolute Gasteiger partial charge is 0.398 e. The molecule has 1 aromatic rings. The van der Waals surface area contributed by atoms with Gasteiger partial charge in [-0.2, -0.15) is 0 Å². The van der Waals surface area contributed by atoms with Crippen LogP contribution in [-0.2, 0) is 14.6 Å². The SMILES string of the molecule is Nc1cc(Cl)ccc1S(=O)(=O)CC(=O)NC1CCCCC1. The fraction of sp³-hybridized carbons (Fsp3) is 0.500. The Morgan fingerprint density at radius 3 is 2.57 bits per heavy atom. The molecule has 0 bridgehead atoms. The van der Waals surface area contributed by atoms with Gasteiger partial charge in [0.1, 0.15) is 5.75 Å². The summed E-state index contributed by atoms with van der Waals surface area (Å²) >= 11 is 5.75. The average Bonchev–Trinajstić information content (AvgIpc) is 2.38. The summed E-state index contributed by atoms with van der Waals surface area (Å²) < 4.78 is 24.5. The number of hydrogen-bond donors (Lipinski definition) is 2. The average molecular weight is 331 g/mol. The molecule has 0 heterocycles. The third-order valence-electron chi connectivity index (χ3n) is 3.60. The van der Waals surface area contributed by atoms with E-state index in [0.717, 1.165) is 25.7 Å². The molecule has 0 aliphatic heterocycles. The quantitative estimate of drug-likeness (QED) is 0.828. The molecular formula is C14H19ClN2O3S. The Morgan fingerprint density at radius 1 is 1.29 bits per heavy atom. The molecule has 1 aliphatic rings. The second-order valence-electron chi connectivity index (χ2n) is 5.34. The number of nitrogens with two attached hydrogens (primary N) is 1. The van der Waals surface area contributed by atoms with E-state index in [0.29, 0.717) is 5.02 Å². The molecule has 1 amide bonds. The molecule has 21 heavy (non-hydrogen) atoms. The number of halogens is 1. The molecule has 0 atom stereocenters. The molecule has 2 rings (SSSR count). The van der Waals surface area contributed by atoms with Crippen molar-refractivity contribution in [3.8, 4) is 0 Å². The fourth-order valence-corrected chi connectivity index (χ4v) is 4.03. The highest BCUT2D eigenvalue weighted by Gasteiger charge is 2.24. The monoisotopic (exact) mass is 330 g/mol. The molecule has 0 spiro atoms. The first-order valence-corrected chi connectivity index (χ1v) is 8.98. The first-order chi connectivity index (χ1) is 9.88. The Hall–Kier alpha value is -1.27. The van der Waals surface area contributed by atoms with Gasteiger partial charge in [0, 0.05) is 11.1 Å². The van der Waals surface area contributed by atoms with Gasteiger partial charge in [0.15, 0.2) is 9.84 Å². The van der Waals surface area contributed by atoms with Gasteiger partial charge in [-0.3, -0.25) is 4.79 Å². The highest BCUT2D eigenvalue weighted by atomic mass is 35.5. The van der Waals surface area contributed by atoms with E-state index in [1.165, 1.54) is 24.6 Å². The summed E-state index contributed by atoms with van der Waals surface area (Å²) in [6.45, 7) is 0. The van der Waals surface area contributed by atoms with Crippen molar-refractivity contribution in [1.82, 2.24) is 5.32 Å². The summed E-state index contributed by atoms with van der Waals surface area (Å²) in [7, 11) is -3.75. The molecule has 0 saturated heterocycles. The second-order valence-corrected chi connectivity index (χ2v) is 7.74. The van der Waals surface area contributed by atoms with E-state index in [-0.39, 0.29) is 16.6 Å². The van der Waals surface area contributed by atoms with Gasteiger partial charge in [-0.1, -0.05) is 30.9 Å². The summed E-state index contributed by atoms with van der Waals surface area (Å²) in [5.74, 6) is -1.06. The lowest BCUT2D eigenvalue weighted by Gasteiger charge is -2.22. The van der Waals surface area contributed by atoms with Gasteiger partial charge in [-0.25, -0.2) is 8.42 Å². The van der Waals surface area contributed by atoms with E-state index >= 15 is 0 Å². The molecule has 0 aromatic heterocycles. The van der Waals surface area contributed by atoms with Crippen LogP contribution in [0.1, 0.15) is 32.1 Å². The minimum absolute atomic E-state index is 0.0503. The van der Waals surface area contributed by atoms with E-state index < -0.39 is 21.5 Å². The van der Waals surface area contributed by atoms with Gasteiger partial charge < -0.3 is 11.1 Å². The third-order valence-corrected chi connectivity index (χ3v) is 5.52. The van der Waals surface area contributed by atoms with Crippen molar-refractivity contribution >= 4 is 33.0 Å². The van der Waals surface area contributed by atoms with Gasteiger partial charge in [0.05, 0.1) is 10.6 Å². The molecule has 1 saturated carbocycles. The zero-order valence-electron chi connectivity index (χ0n) is 11.6. The Kier molecular flexibility index (Phi) is 5.11. The van der Waals surface area contributed by atoms with Gasteiger partial charge in [0.25, 0.3) is 0 Å². The van der Waals surface area contributed by atoms with E-state index in [9.17, 15) is 13.2 Å². The van der Waals surface area contributed by atoms with Gasteiger partial charge in [-0.15, -0.1) is 0 Å². The number of nitrogens with one attached hydrogen (secondary N) is 1. The van der Waals surface area contributed by atoms with Crippen LogP contribution in [0.25, 0.3) is 0 Å². The number of sulfone groups is 1. The fourth-order valence-electron chi connectivity index (χ4n) is 2.57. The van der Waals surface area contributed by atoms with Gasteiger partial charge in [-0.05, 0) is 31.0 Å². The van der Waals surface area contributed by atoms with Crippen LogP contribution in [0.3, 0.4) is 0 Å². The molecule has 0 radical (unpaired) electrons. The summed E-state index contributed by atoms with van der Waals surface area (Å²) in [6.07, 6.45) is 5.14. The van der Waals surface area contributed by atoms with E-state index in [1.807, 2.05) is 0 Å². The molecule has 5 nitrogen and oxygen atoms in total. The first kappa shape index (κ1) is 16.1.